The number of aromatic nitrogens is 4. The largest absolute Gasteiger partial charge is 0.378 e. The molecule has 0 aliphatic carbocycles. The third-order valence-electron chi connectivity index (χ3n) is 6.49. The highest BCUT2D eigenvalue weighted by Gasteiger charge is 2.20. The molecule has 4 heterocycles. The van der Waals surface area contributed by atoms with E-state index in [1.165, 1.54) is 5.69 Å². The molecule has 9 heteroatoms. The van der Waals surface area contributed by atoms with Gasteiger partial charge in [-0.2, -0.15) is 9.97 Å². The Kier molecular flexibility index (Phi) is 6.09. The molecule has 1 aromatic carbocycles. The first-order valence-electron chi connectivity index (χ1n) is 11.6. The van der Waals surface area contributed by atoms with Gasteiger partial charge in [-0.25, -0.2) is 4.98 Å². The average Bonchev–Trinajstić information content (AvgIpc) is 3.30. The number of hydrogen-bond acceptors (Lipinski definition) is 8. The molecule has 9 nitrogen and oxygen atoms in total. The number of imidazole rings is 1. The van der Waals surface area contributed by atoms with Crippen molar-refractivity contribution in [2.45, 2.75) is 32.7 Å². The first-order chi connectivity index (χ1) is 15.7. The number of hydrogen-bond donors (Lipinski definition) is 3. The number of H-pyrrole nitrogens is 1. The summed E-state index contributed by atoms with van der Waals surface area (Å²) in [5, 5.41) is 7.05. The maximum absolute atomic E-state index is 5.47. The predicted octanol–water partition coefficient (Wildman–Crippen LogP) is 3.14. The number of nitrogens with one attached hydrogen (secondary N) is 3. The van der Waals surface area contributed by atoms with Crippen molar-refractivity contribution in [1.29, 1.82) is 0 Å². The Balaban J connectivity index is 1.34. The molecular formula is C23H32N8O. The summed E-state index contributed by atoms with van der Waals surface area (Å²) >= 11 is 0. The Labute approximate surface area is 188 Å². The van der Waals surface area contributed by atoms with Gasteiger partial charge in [0.05, 0.1) is 19.5 Å². The zero-order valence-electron chi connectivity index (χ0n) is 18.9. The molecule has 5 rings (SSSR count). The molecule has 0 saturated carbocycles. The van der Waals surface area contributed by atoms with Gasteiger partial charge in [0, 0.05) is 43.6 Å². The van der Waals surface area contributed by atoms with E-state index in [4.69, 9.17) is 9.72 Å². The molecule has 2 saturated heterocycles. The SMILES string of the molecule is CCN1CCC(Nc2nc(Nc3ccc(N4CCOCC4)cc3C)nc3nc[nH]c23)CC1. The number of aryl methyl sites for hydroxylation is 1. The van der Waals surface area contributed by atoms with Crippen molar-refractivity contribution < 1.29 is 4.74 Å². The first-order valence-corrected chi connectivity index (χ1v) is 11.6. The van der Waals surface area contributed by atoms with E-state index >= 15 is 0 Å². The lowest BCUT2D eigenvalue weighted by atomic mass is 10.1. The Bertz CT molecular complexity index is 1050. The first kappa shape index (κ1) is 21.0. The maximum atomic E-state index is 5.47. The van der Waals surface area contributed by atoms with Crippen LogP contribution in [0.1, 0.15) is 25.3 Å². The summed E-state index contributed by atoms with van der Waals surface area (Å²) in [5.74, 6) is 1.37. The summed E-state index contributed by atoms with van der Waals surface area (Å²) in [5.41, 5.74) is 4.90. The molecule has 32 heavy (non-hydrogen) atoms. The van der Waals surface area contributed by atoms with Crippen LogP contribution in [-0.2, 0) is 4.74 Å². The fourth-order valence-electron chi connectivity index (χ4n) is 4.51. The van der Waals surface area contributed by atoms with E-state index in [0.717, 1.165) is 81.4 Å². The minimum Gasteiger partial charge on any atom is -0.378 e. The topological polar surface area (TPSA) is 94.2 Å². The number of fused-ring (bicyclic) bond motifs is 1. The number of piperidine rings is 1. The van der Waals surface area contributed by atoms with Gasteiger partial charge in [-0.1, -0.05) is 6.92 Å². The molecule has 2 aromatic heterocycles. The molecule has 3 aromatic rings. The van der Waals surface area contributed by atoms with E-state index in [1.54, 1.807) is 6.33 Å². The zero-order valence-corrected chi connectivity index (χ0v) is 18.9. The lowest BCUT2D eigenvalue weighted by Crippen LogP contribution is -2.39. The lowest BCUT2D eigenvalue weighted by Gasteiger charge is -2.31. The average molecular weight is 437 g/mol. The highest BCUT2D eigenvalue weighted by atomic mass is 16.5. The second kappa shape index (κ2) is 9.30. The van der Waals surface area contributed by atoms with Crippen LogP contribution in [0.25, 0.3) is 11.2 Å². The highest BCUT2D eigenvalue weighted by molar-refractivity contribution is 5.84. The van der Waals surface area contributed by atoms with Gasteiger partial charge in [0.15, 0.2) is 11.5 Å². The van der Waals surface area contributed by atoms with Crippen LogP contribution in [0.5, 0.6) is 0 Å². The van der Waals surface area contributed by atoms with Crippen LogP contribution < -0.4 is 15.5 Å². The number of nitrogens with zero attached hydrogens (tertiary/aromatic N) is 5. The Morgan fingerprint density at radius 2 is 1.94 bits per heavy atom. The summed E-state index contributed by atoms with van der Waals surface area (Å²) in [4.78, 5) is 21.9. The van der Waals surface area contributed by atoms with Crippen molar-refractivity contribution in [3.8, 4) is 0 Å². The number of aromatic amines is 1. The standard InChI is InChI=1S/C23H32N8O/c1-3-30-8-6-17(7-9-30)26-22-20-21(25-15-24-20)28-23(29-22)27-19-5-4-18(14-16(19)2)31-10-12-32-13-11-31/h4-5,14-15,17H,3,6-13H2,1-2H3,(H3,24,25,26,27,28,29). The fourth-order valence-corrected chi connectivity index (χ4v) is 4.51. The molecule has 2 fully saturated rings. The van der Waals surface area contributed by atoms with Crippen LogP contribution in [0.2, 0.25) is 0 Å². The van der Waals surface area contributed by atoms with Crippen LogP contribution in [0.15, 0.2) is 24.5 Å². The van der Waals surface area contributed by atoms with Gasteiger partial charge in [0.25, 0.3) is 0 Å². The van der Waals surface area contributed by atoms with Crippen molar-refractivity contribution in [1.82, 2.24) is 24.8 Å². The van der Waals surface area contributed by atoms with E-state index in [0.29, 0.717) is 17.6 Å². The molecule has 2 aliphatic heterocycles. The number of rotatable bonds is 6. The third-order valence-corrected chi connectivity index (χ3v) is 6.49. The number of likely N-dealkylation sites (tertiary alicyclic amines) is 1. The maximum Gasteiger partial charge on any atom is 0.231 e. The van der Waals surface area contributed by atoms with Crippen molar-refractivity contribution in [2.24, 2.45) is 0 Å². The van der Waals surface area contributed by atoms with E-state index in [9.17, 15) is 0 Å². The molecular weight excluding hydrogens is 404 g/mol. The van der Waals surface area contributed by atoms with E-state index in [-0.39, 0.29) is 0 Å². The quantitative estimate of drug-likeness (QED) is 0.543. The molecule has 0 spiro atoms. The Hall–Kier alpha value is -2.91. The van der Waals surface area contributed by atoms with Gasteiger partial charge >= 0.3 is 0 Å². The van der Waals surface area contributed by atoms with Crippen LogP contribution in [0, 0.1) is 6.92 Å². The van der Waals surface area contributed by atoms with E-state index < -0.39 is 0 Å². The van der Waals surface area contributed by atoms with Gasteiger partial charge in [-0.05, 0) is 50.1 Å². The van der Waals surface area contributed by atoms with Gasteiger partial charge in [-0.3, -0.25) is 0 Å². The van der Waals surface area contributed by atoms with E-state index in [2.05, 4.69) is 67.4 Å². The summed E-state index contributed by atoms with van der Waals surface area (Å²) in [6.45, 7) is 11.1. The van der Waals surface area contributed by atoms with Gasteiger partial charge in [0.2, 0.25) is 5.95 Å². The van der Waals surface area contributed by atoms with Gasteiger partial charge in [0.1, 0.15) is 5.52 Å². The molecule has 0 bridgehead atoms. The summed E-state index contributed by atoms with van der Waals surface area (Å²) in [6.07, 6.45) is 3.90. The Morgan fingerprint density at radius 3 is 2.69 bits per heavy atom. The minimum absolute atomic E-state index is 0.404. The molecule has 170 valence electrons. The van der Waals surface area contributed by atoms with Gasteiger partial charge in [-0.15, -0.1) is 0 Å². The van der Waals surface area contributed by atoms with Crippen LogP contribution in [-0.4, -0.2) is 76.8 Å². The third kappa shape index (κ3) is 4.49. The molecule has 0 atom stereocenters. The summed E-state index contributed by atoms with van der Waals surface area (Å²) < 4.78 is 5.47. The number of morpholine rings is 1. The van der Waals surface area contributed by atoms with Crippen molar-refractivity contribution in [3.05, 3.63) is 30.1 Å². The number of ether oxygens (including phenoxy) is 1. The fraction of sp³-hybridized carbons (Fsp3) is 0.522. The van der Waals surface area contributed by atoms with Gasteiger partial charge < -0.3 is 30.2 Å². The van der Waals surface area contributed by atoms with Crippen LogP contribution in [0.4, 0.5) is 23.1 Å². The van der Waals surface area contributed by atoms with E-state index in [1.807, 2.05) is 0 Å². The lowest BCUT2D eigenvalue weighted by molar-refractivity contribution is 0.122. The summed E-state index contributed by atoms with van der Waals surface area (Å²) in [7, 11) is 0. The summed E-state index contributed by atoms with van der Waals surface area (Å²) in [6, 6.07) is 6.86. The molecule has 0 amide bonds. The molecule has 2 aliphatic rings. The second-order valence-electron chi connectivity index (χ2n) is 8.57. The van der Waals surface area contributed by atoms with Crippen molar-refractivity contribution in [2.75, 3.05) is 61.5 Å². The predicted molar refractivity (Wildman–Crippen MR) is 128 cm³/mol. The second-order valence-corrected chi connectivity index (χ2v) is 8.57. The zero-order chi connectivity index (χ0) is 21.9. The van der Waals surface area contributed by atoms with Crippen molar-refractivity contribution in [3.63, 3.8) is 0 Å². The highest BCUT2D eigenvalue weighted by Crippen LogP contribution is 2.27. The normalized spacial score (nSPS) is 18.2. The van der Waals surface area contributed by atoms with Crippen molar-refractivity contribution >= 4 is 34.3 Å². The molecule has 3 N–H and O–H groups in total. The van der Waals surface area contributed by atoms with Crippen LogP contribution >= 0.6 is 0 Å². The smallest absolute Gasteiger partial charge is 0.231 e. The Morgan fingerprint density at radius 1 is 1.12 bits per heavy atom. The molecule has 0 radical (unpaired) electrons. The number of benzene rings is 1. The number of anilines is 4. The molecule has 0 unspecified atom stereocenters. The minimum atomic E-state index is 0.404. The monoisotopic (exact) mass is 436 g/mol. The van der Waals surface area contributed by atoms with Crippen LogP contribution in [0.3, 0.4) is 0 Å².